The maximum Gasteiger partial charge on any atom is 0.317 e. The van der Waals surface area contributed by atoms with Gasteiger partial charge >= 0.3 is 6.03 Å². The summed E-state index contributed by atoms with van der Waals surface area (Å²) >= 11 is 0. The van der Waals surface area contributed by atoms with E-state index in [0.717, 1.165) is 43.5 Å². The summed E-state index contributed by atoms with van der Waals surface area (Å²) in [4.78, 5) is 14.2. The summed E-state index contributed by atoms with van der Waals surface area (Å²) < 4.78 is 6.03. The molecular weight excluding hydrogens is 316 g/mol. The van der Waals surface area contributed by atoms with Gasteiger partial charge in [-0.2, -0.15) is 0 Å². The van der Waals surface area contributed by atoms with Gasteiger partial charge < -0.3 is 20.1 Å². The number of nitrogens with zero attached hydrogens (tertiary/aromatic N) is 1. The summed E-state index contributed by atoms with van der Waals surface area (Å²) in [6.45, 7) is 3.70. The fourth-order valence-corrected chi connectivity index (χ4v) is 3.81. The van der Waals surface area contributed by atoms with Crippen LogP contribution in [0.3, 0.4) is 0 Å². The van der Waals surface area contributed by atoms with Crippen LogP contribution in [0.15, 0.2) is 24.3 Å². The summed E-state index contributed by atoms with van der Waals surface area (Å²) in [7, 11) is 0. The maximum atomic E-state index is 12.4. The lowest BCUT2D eigenvalue weighted by Crippen LogP contribution is -2.47. The van der Waals surface area contributed by atoms with Crippen LogP contribution in [0.5, 0.6) is 5.75 Å². The van der Waals surface area contributed by atoms with Crippen LogP contribution in [0.1, 0.15) is 51.0 Å². The zero-order valence-corrected chi connectivity index (χ0v) is 15.1. The SMILES string of the molecule is C[C@@H](O)[C@@H]1CCCN(C(=O)NCc2cccc(OC3CCCC3)c2)C1. The third kappa shape index (κ3) is 5.11. The first-order valence-corrected chi connectivity index (χ1v) is 9.58. The molecule has 1 aliphatic heterocycles. The number of aliphatic hydroxyl groups excluding tert-OH is 1. The van der Waals surface area contributed by atoms with Gasteiger partial charge in [-0.25, -0.2) is 4.79 Å². The Morgan fingerprint density at radius 2 is 2.12 bits per heavy atom. The molecule has 5 nitrogen and oxygen atoms in total. The van der Waals surface area contributed by atoms with Crippen molar-refractivity contribution in [3.05, 3.63) is 29.8 Å². The minimum Gasteiger partial charge on any atom is -0.490 e. The van der Waals surface area contributed by atoms with E-state index in [0.29, 0.717) is 19.2 Å². The van der Waals surface area contributed by atoms with Crippen LogP contribution in [0.4, 0.5) is 4.79 Å². The predicted molar refractivity (Wildman–Crippen MR) is 97.5 cm³/mol. The van der Waals surface area contributed by atoms with E-state index >= 15 is 0 Å². The van der Waals surface area contributed by atoms with Crippen molar-refractivity contribution in [2.45, 2.75) is 64.2 Å². The highest BCUT2D eigenvalue weighted by atomic mass is 16.5. The molecule has 2 atom stereocenters. The third-order valence-corrected chi connectivity index (χ3v) is 5.37. The molecule has 2 amide bonds. The molecule has 0 bridgehead atoms. The van der Waals surface area contributed by atoms with E-state index in [9.17, 15) is 9.90 Å². The fourth-order valence-electron chi connectivity index (χ4n) is 3.81. The van der Waals surface area contributed by atoms with E-state index < -0.39 is 0 Å². The molecule has 1 aromatic carbocycles. The molecule has 2 N–H and O–H groups in total. The number of hydrogen-bond donors (Lipinski definition) is 2. The van der Waals surface area contributed by atoms with Gasteiger partial charge in [-0.1, -0.05) is 12.1 Å². The number of likely N-dealkylation sites (tertiary alicyclic amines) is 1. The number of nitrogens with one attached hydrogen (secondary N) is 1. The number of benzene rings is 1. The van der Waals surface area contributed by atoms with Gasteiger partial charge in [0.05, 0.1) is 12.2 Å². The molecule has 1 saturated heterocycles. The van der Waals surface area contributed by atoms with Crippen molar-refractivity contribution >= 4 is 6.03 Å². The molecule has 1 heterocycles. The Morgan fingerprint density at radius 3 is 2.88 bits per heavy atom. The molecule has 25 heavy (non-hydrogen) atoms. The van der Waals surface area contributed by atoms with Crippen LogP contribution >= 0.6 is 0 Å². The monoisotopic (exact) mass is 346 g/mol. The van der Waals surface area contributed by atoms with Crippen molar-refractivity contribution in [2.75, 3.05) is 13.1 Å². The van der Waals surface area contributed by atoms with Gasteiger partial charge in [0, 0.05) is 25.6 Å². The summed E-state index contributed by atoms with van der Waals surface area (Å²) in [5.41, 5.74) is 1.05. The number of piperidine rings is 1. The molecule has 1 aromatic rings. The van der Waals surface area contributed by atoms with Crippen molar-refractivity contribution in [3.63, 3.8) is 0 Å². The highest BCUT2D eigenvalue weighted by Gasteiger charge is 2.26. The first-order chi connectivity index (χ1) is 12.1. The number of ether oxygens (including phenoxy) is 1. The van der Waals surface area contributed by atoms with E-state index in [4.69, 9.17) is 4.74 Å². The molecule has 5 heteroatoms. The highest BCUT2D eigenvalue weighted by molar-refractivity contribution is 5.74. The van der Waals surface area contributed by atoms with Gasteiger partial charge in [0.25, 0.3) is 0 Å². The number of hydrogen-bond acceptors (Lipinski definition) is 3. The molecule has 0 spiro atoms. The minimum absolute atomic E-state index is 0.0486. The van der Waals surface area contributed by atoms with Gasteiger partial charge in [-0.05, 0) is 63.1 Å². The van der Waals surface area contributed by atoms with Crippen LogP contribution in [-0.4, -0.2) is 41.3 Å². The molecular formula is C20H30N2O3. The number of amides is 2. The molecule has 2 fully saturated rings. The molecule has 3 rings (SSSR count). The van der Waals surface area contributed by atoms with Crippen molar-refractivity contribution in [1.29, 1.82) is 0 Å². The number of urea groups is 1. The maximum absolute atomic E-state index is 12.4. The molecule has 0 radical (unpaired) electrons. The van der Waals surface area contributed by atoms with Gasteiger partial charge in [-0.15, -0.1) is 0 Å². The second-order valence-electron chi connectivity index (χ2n) is 7.42. The first kappa shape index (κ1) is 18.1. The van der Waals surface area contributed by atoms with Gasteiger partial charge in [0.1, 0.15) is 5.75 Å². The number of aliphatic hydroxyl groups is 1. The summed E-state index contributed by atoms with van der Waals surface area (Å²) in [5, 5.41) is 12.8. The minimum atomic E-state index is -0.361. The quantitative estimate of drug-likeness (QED) is 0.860. The highest BCUT2D eigenvalue weighted by Crippen LogP contribution is 2.24. The molecule has 1 saturated carbocycles. The molecule has 138 valence electrons. The zero-order valence-electron chi connectivity index (χ0n) is 15.1. The second kappa shape index (κ2) is 8.56. The van der Waals surface area contributed by atoms with Crippen LogP contribution in [-0.2, 0) is 6.54 Å². The average Bonchev–Trinajstić information content (AvgIpc) is 3.13. The van der Waals surface area contributed by atoms with E-state index in [2.05, 4.69) is 5.32 Å². The van der Waals surface area contributed by atoms with Crippen molar-refractivity contribution < 1.29 is 14.6 Å². The third-order valence-electron chi connectivity index (χ3n) is 5.37. The van der Waals surface area contributed by atoms with Crippen LogP contribution in [0.25, 0.3) is 0 Å². The number of carbonyl (C=O) groups is 1. The average molecular weight is 346 g/mol. The van der Waals surface area contributed by atoms with E-state index in [1.807, 2.05) is 36.1 Å². The summed E-state index contributed by atoms with van der Waals surface area (Å²) in [5.74, 6) is 1.08. The summed E-state index contributed by atoms with van der Waals surface area (Å²) in [6, 6.07) is 7.95. The van der Waals surface area contributed by atoms with Crippen molar-refractivity contribution in [1.82, 2.24) is 10.2 Å². The zero-order chi connectivity index (χ0) is 17.6. The van der Waals surface area contributed by atoms with Crippen LogP contribution in [0.2, 0.25) is 0 Å². The van der Waals surface area contributed by atoms with E-state index in [-0.39, 0.29) is 18.1 Å². The molecule has 0 unspecified atom stereocenters. The summed E-state index contributed by atoms with van der Waals surface area (Å²) in [6.07, 6.45) is 6.71. The van der Waals surface area contributed by atoms with E-state index in [1.165, 1.54) is 12.8 Å². The lowest BCUT2D eigenvalue weighted by atomic mass is 9.94. The Morgan fingerprint density at radius 1 is 1.32 bits per heavy atom. The molecule has 2 aliphatic rings. The van der Waals surface area contributed by atoms with Crippen LogP contribution < -0.4 is 10.1 Å². The van der Waals surface area contributed by atoms with Crippen molar-refractivity contribution in [2.24, 2.45) is 5.92 Å². The lowest BCUT2D eigenvalue weighted by Gasteiger charge is -2.34. The number of rotatable bonds is 5. The Bertz CT molecular complexity index is 570. The van der Waals surface area contributed by atoms with E-state index in [1.54, 1.807) is 0 Å². The topological polar surface area (TPSA) is 61.8 Å². The second-order valence-corrected chi connectivity index (χ2v) is 7.42. The van der Waals surface area contributed by atoms with Crippen molar-refractivity contribution in [3.8, 4) is 5.75 Å². The Balaban J connectivity index is 1.49. The molecule has 0 aromatic heterocycles. The Hall–Kier alpha value is -1.75. The Kier molecular flexibility index (Phi) is 6.19. The van der Waals surface area contributed by atoms with Gasteiger partial charge in [0.2, 0.25) is 0 Å². The Labute approximate surface area is 150 Å². The molecule has 1 aliphatic carbocycles. The number of carbonyl (C=O) groups excluding carboxylic acids is 1. The van der Waals surface area contributed by atoms with Gasteiger partial charge in [0.15, 0.2) is 0 Å². The lowest BCUT2D eigenvalue weighted by molar-refractivity contribution is 0.0738. The smallest absolute Gasteiger partial charge is 0.317 e. The van der Waals surface area contributed by atoms with Gasteiger partial charge in [-0.3, -0.25) is 0 Å². The normalized spacial score (nSPS) is 22.6. The largest absolute Gasteiger partial charge is 0.490 e. The fraction of sp³-hybridized carbons (Fsp3) is 0.650. The predicted octanol–water partition coefficient (Wildman–Crippen LogP) is 3.31. The van der Waals surface area contributed by atoms with Crippen LogP contribution in [0, 0.1) is 5.92 Å². The first-order valence-electron chi connectivity index (χ1n) is 9.58. The standard InChI is InChI=1S/C20H30N2O3/c1-15(23)17-7-5-11-22(14-17)20(24)21-13-16-6-4-10-19(12-16)25-18-8-2-3-9-18/h4,6,10,12,15,17-18,23H,2-3,5,7-9,11,13-14H2,1H3,(H,21,24)/t15-,17-/m1/s1.